The lowest BCUT2D eigenvalue weighted by atomic mass is 9.93. The van der Waals surface area contributed by atoms with Gasteiger partial charge in [-0.05, 0) is 27.1 Å². The van der Waals surface area contributed by atoms with Crippen LogP contribution < -0.4 is 4.72 Å². The predicted molar refractivity (Wildman–Crippen MR) is 89.5 cm³/mol. The minimum absolute atomic E-state index is 0.0421. The van der Waals surface area contributed by atoms with E-state index in [9.17, 15) is 8.42 Å². The monoisotopic (exact) mass is 333 g/mol. The summed E-state index contributed by atoms with van der Waals surface area (Å²) in [4.78, 5) is 6.55. The van der Waals surface area contributed by atoms with Crippen molar-refractivity contribution in [2.24, 2.45) is 0 Å². The van der Waals surface area contributed by atoms with Gasteiger partial charge in [-0.3, -0.25) is 0 Å². The molecule has 0 bridgehead atoms. The predicted octanol–water partition coefficient (Wildman–Crippen LogP) is 1.85. The summed E-state index contributed by atoms with van der Waals surface area (Å²) in [5.41, 5.74) is 1.11. The second-order valence-electron chi connectivity index (χ2n) is 6.50. The molecule has 0 aliphatic heterocycles. The molecular weight excluding hydrogens is 306 g/mol. The van der Waals surface area contributed by atoms with Gasteiger partial charge >= 0.3 is 0 Å². The lowest BCUT2D eigenvalue weighted by molar-refractivity contribution is 0.408. The van der Waals surface area contributed by atoms with E-state index in [4.69, 9.17) is 0 Å². The van der Waals surface area contributed by atoms with Crippen molar-refractivity contribution in [2.45, 2.75) is 39.0 Å². The van der Waals surface area contributed by atoms with Crippen LogP contribution in [0.2, 0.25) is 0 Å². The molecule has 0 fully saturated rings. The Hall–Kier alpha value is -0.500. The quantitative estimate of drug-likeness (QED) is 0.789. The van der Waals surface area contributed by atoms with Crippen LogP contribution in [0.3, 0.4) is 0 Å². The molecule has 1 aromatic rings. The molecule has 1 N–H and O–H groups in total. The second kappa shape index (κ2) is 7.67. The number of thiazole rings is 1. The van der Waals surface area contributed by atoms with Gasteiger partial charge in [-0.2, -0.15) is 0 Å². The Kier molecular flexibility index (Phi) is 6.77. The second-order valence-corrected chi connectivity index (χ2v) is 9.37. The van der Waals surface area contributed by atoms with Crippen LogP contribution in [0.1, 0.15) is 37.9 Å². The van der Waals surface area contributed by atoms with E-state index in [0.29, 0.717) is 19.4 Å². The summed E-state index contributed by atoms with van der Waals surface area (Å²) in [5.74, 6) is 0.177. The van der Waals surface area contributed by atoms with E-state index in [0.717, 1.165) is 17.2 Å². The SMILES string of the molecule is CN(C)CCCS(=O)(=O)NCCc1nc(C(C)(C)C)cs1. The Labute approximate surface area is 132 Å². The highest BCUT2D eigenvalue weighted by Crippen LogP contribution is 2.23. The smallest absolute Gasteiger partial charge is 0.211 e. The fraction of sp³-hybridized carbons (Fsp3) is 0.786. The van der Waals surface area contributed by atoms with Crippen molar-refractivity contribution in [3.05, 3.63) is 16.1 Å². The standard InChI is InChI=1S/C14H27N3O2S2/c1-14(2,3)12-11-20-13(16-12)7-8-15-21(18,19)10-6-9-17(4)5/h11,15H,6-10H2,1-5H3. The van der Waals surface area contributed by atoms with Gasteiger partial charge in [0.1, 0.15) is 0 Å². The normalized spacial score (nSPS) is 13.0. The summed E-state index contributed by atoms with van der Waals surface area (Å²) in [6.07, 6.45) is 1.29. The maximum absolute atomic E-state index is 11.8. The van der Waals surface area contributed by atoms with Crippen LogP contribution >= 0.6 is 11.3 Å². The highest BCUT2D eigenvalue weighted by Gasteiger charge is 2.17. The number of nitrogens with one attached hydrogen (secondary N) is 1. The van der Waals surface area contributed by atoms with Crippen molar-refractivity contribution in [1.29, 1.82) is 0 Å². The van der Waals surface area contributed by atoms with E-state index in [1.165, 1.54) is 0 Å². The number of rotatable bonds is 8. The Morgan fingerprint density at radius 1 is 1.33 bits per heavy atom. The van der Waals surface area contributed by atoms with Gasteiger partial charge in [-0.15, -0.1) is 11.3 Å². The molecule has 21 heavy (non-hydrogen) atoms. The van der Waals surface area contributed by atoms with E-state index in [2.05, 4.69) is 35.9 Å². The van der Waals surface area contributed by atoms with Gasteiger partial charge in [0, 0.05) is 23.8 Å². The molecule has 0 spiro atoms. The van der Waals surface area contributed by atoms with Crippen LogP contribution in [0.5, 0.6) is 0 Å². The van der Waals surface area contributed by atoms with Crippen LogP contribution in [-0.4, -0.2) is 51.2 Å². The first-order valence-corrected chi connectivity index (χ1v) is 9.70. The molecular formula is C14H27N3O2S2. The summed E-state index contributed by atoms with van der Waals surface area (Å²) in [7, 11) is 0.711. The third kappa shape index (κ3) is 7.35. The van der Waals surface area contributed by atoms with E-state index >= 15 is 0 Å². The molecule has 7 heteroatoms. The Morgan fingerprint density at radius 2 is 2.00 bits per heavy atom. The first-order chi connectivity index (χ1) is 9.60. The molecule has 1 heterocycles. The van der Waals surface area contributed by atoms with Crippen molar-refractivity contribution in [3.63, 3.8) is 0 Å². The average Bonchev–Trinajstić information content (AvgIpc) is 2.76. The molecule has 0 aromatic carbocycles. The summed E-state index contributed by atoms with van der Waals surface area (Å²) < 4.78 is 26.3. The van der Waals surface area contributed by atoms with Gasteiger partial charge < -0.3 is 4.90 Å². The van der Waals surface area contributed by atoms with E-state index in [1.807, 2.05) is 19.0 Å². The minimum Gasteiger partial charge on any atom is -0.309 e. The lowest BCUT2D eigenvalue weighted by Gasteiger charge is -2.14. The number of nitrogens with zero attached hydrogens (tertiary/aromatic N) is 2. The molecule has 0 aliphatic rings. The van der Waals surface area contributed by atoms with Gasteiger partial charge in [0.2, 0.25) is 10.0 Å². The van der Waals surface area contributed by atoms with Gasteiger partial charge in [-0.25, -0.2) is 18.1 Å². The Balaban J connectivity index is 2.37. The zero-order chi connectivity index (χ0) is 16.1. The van der Waals surface area contributed by atoms with Crippen LogP contribution in [0, 0.1) is 0 Å². The minimum atomic E-state index is -3.17. The van der Waals surface area contributed by atoms with Crippen molar-refractivity contribution in [3.8, 4) is 0 Å². The number of hydrogen-bond acceptors (Lipinski definition) is 5. The van der Waals surface area contributed by atoms with E-state index in [1.54, 1.807) is 11.3 Å². The largest absolute Gasteiger partial charge is 0.309 e. The molecule has 5 nitrogen and oxygen atoms in total. The van der Waals surface area contributed by atoms with Crippen LogP contribution in [-0.2, 0) is 21.9 Å². The van der Waals surface area contributed by atoms with E-state index < -0.39 is 10.0 Å². The Bertz CT molecular complexity index is 531. The Morgan fingerprint density at radius 3 is 2.52 bits per heavy atom. The first-order valence-electron chi connectivity index (χ1n) is 7.17. The molecule has 0 unspecified atom stereocenters. The molecule has 0 radical (unpaired) electrons. The molecule has 0 saturated heterocycles. The summed E-state index contributed by atoms with van der Waals surface area (Å²) in [5, 5.41) is 3.04. The molecule has 1 rings (SSSR count). The van der Waals surface area contributed by atoms with E-state index in [-0.39, 0.29) is 11.2 Å². The van der Waals surface area contributed by atoms with Gasteiger partial charge in [0.15, 0.2) is 0 Å². The molecule has 122 valence electrons. The van der Waals surface area contributed by atoms with Crippen molar-refractivity contribution >= 4 is 21.4 Å². The van der Waals surface area contributed by atoms with Gasteiger partial charge in [-0.1, -0.05) is 20.8 Å². The van der Waals surface area contributed by atoms with Crippen molar-refractivity contribution in [2.75, 3.05) is 32.9 Å². The van der Waals surface area contributed by atoms with Gasteiger partial charge in [0.25, 0.3) is 0 Å². The van der Waals surface area contributed by atoms with Crippen LogP contribution in [0.15, 0.2) is 5.38 Å². The van der Waals surface area contributed by atoms with Crippen molar-refractivity contribution < 1.29 is 8.42 Å². The average molecular weight is 334 g/mol. The zero-order valence-electron chi connectivity index (χ0n) is 13.6. The third-order valence-electron chi connectivity index (χ3n) is 3.00. The molecule has 0 atom stereocenters. The summed E-state index contributed by atoms with van der Waals surface area (Å²) in [6.45, 7) is 7.57. The lowest BCUT2D eigenvalue weighted by Crippen LogP contribution is -2.29. The highest BCUT2D eigenvalue weighted by atomic mass is 32.2. The van der Waals surface area contributed by atoms with Crippen LogP contribution in [0.25, 0.3) is 0 Å². The number of hydrogen-bond donors (Lipinski definition) is 1. The first kappa shape index (κ1) is 18.5. The third-order valence-corrected chi connectivity index (χ3v) is 5.38. The maximum Gasteiger partial charge on any atom is 0.211 e. The van der Waals surface area contributed by atoms with Crippen LogP contribution in [0.4, 0.5) is 0 Å². The fourth-order valence-electron chi connectivity index (χ4n) is 1.73. The number of aromatic nitrogens is 1. The van der Waals surface area contributed by atoms with Gasteiger partial charge in [0.05, 0.1) is 16.5 Å². The summed E-state index contributed by atoms with van der Waals surface area (Å²) >= 11 is 1.60. The number of sulfonamides is 1. The molecule has 0 amide bonds. The summed E-state index contributed by atoms with van der Waals surface area (Å²) in [6, 6.07) is 0. The molecule has 1 aromatic heterocycles. The highest BCUT2D eigenvalue weighted by molar-refractivity contribution is 7.89. The zero-order valence-corrected chi connectivity index (χ0v) is 15.3. The van der Waals surface area contributed by atoms with Crippen molar-refractivity contribution in [1.82, 2.24) is 14.6 Å². The topological polar surface area (TPSA) is 62.3 Å². The fourth-order valence-corrected chi connectivity index (χ4v) is 3.82. The molecule has 0 aliphatic carbocycles. The maximum atomic E-state index is 11.8. The molecule has 0 saturated carbocycles.